The first-order valence-corrected chi connectivity index (χ1v) is 5.39. The molecule has 10 heavy (non-hydrogen) atoms. The van der Waals surface area contributed by atoms with Gasteiger partial charge in [-0.25, -0.2) is 8.42 Å². The fourth-order valence-electron chi connectivity index (χ4n) is 1.05. The molecule has 0 radical (unpaired) electrons. The zero-order valence-corrected chi connectivity index (χ0v) is 7.06. The number of rotatable bonds is 2. The van der Waals surface area contributed by atoms with Crippen molar-refractivity contribution in [2.24, 2.45) is 5.92 Å². The highest BCUT2D eigenvalue weighted by Crippen LogP contribution is 2.13. The largest absolute Gasteiger partial charge is 0.314 e. The summed E-state index contributed by atoms with van der Waals surface area (Å²) in [6.07, 6.45) is 1.24. The molecule has 0 aromatic heterocycles. The van der Waals surface area contributed by atoms with E-state index in [2.05, 4.69) is 0 Å². The second-order valence-corrected chi connectivity index (χ2v) is 5.14. The maximum Gasteiger partial charge on any atom is 0.147 e. The number of hydrogen-bond acceptors (Lipinski definition) is 3. The molecule has 2 atom stereocenters. The molecule has 60 valence electrons. The molecule has 3 nitrogen and oxygen atoms in total. The molecule has 0 spiro atoms. The molecule has 1 saturated heterocycles. The topological polar surface area (TPSA) is 46.2 Å². The van der Waals surface area contributed by atoms with Gasteiger partial charge < -0.3 is 5.31 Å². The fraction of sp³-hybridized carbons (Fsp3) is 1.00. The first kappa shape index (κ1) is 6.61. The predicted octanol–water partition coefficient (Wildman–Crippen LogP) is -0.361. The van der Waals surface area contributed by atoms with Crippen molar-refractivity contribution < 1.29 is 9.83 Å². The Bertz CT molecular complexity index is 239. The summed E-state index contributed by atoms with van der Waals surface area (Å²) in [6.45, 7) is 2.47. The molecule has 0 aromatic rings. The summed E-state index contributed by atoms with van der Waals surface area (Å²) >= 11 is 0. The SMILES string of the molecule is [2H]N1C[C@H](CS(C)(=O)=O)[C@H]1C. The second kappa shape index (κ2) is 2.51. The maximum absolute atomic E-state index is 10.8. The molecule has 0 saturated carbocycles. The van der Waals surface area contributed by atoms with Gasteiger partial charge >= 0.3 is 0 Å². The summed E-state index contributed by atoms with van der Waals surface area (Å²) < 4.78 is 28.8. The van der Waals surface area contributed by atoms with E-state index in [9.17, 15) is 8.42 Å². The molecule has 0 aliphatic carbocycles. The Morgan fingerprint density at radius 2 is 2.40 bits per heavy atom. The van der Waals surface area contributed by atoms with E-state index in [0.717, 1.165) is 0 Å². The summed E-state index contributed by atoms with van der Waals surface area (Å²) in [7, 11) is -2.85. The average Bonchev–Trinajstić information content (AvgIpc) is 1.84. The van der Waals surface area contributed by atoms with Gasteiger partial charge in [-0.05, 0) is 6.92 Å². The third kappa shape index (κ3) is 1.95. The Kier molecular flexibility index (Phi) is 1.66. The van der Waals surface area contributed by atoms with Crippen LogP contribution in [-0.4, -0.2) is 33.0 Å². The molecular formula is C6H13NO2S. The minimum atomic E-state index is -2.85. The van der Waals surface area contributed by atoms with Crippen LogP contribution in [0.15, 0.2) is 0 Å². The smallest absolute Gasteiger partial charge is 0.147 e. The second-order valence-electron chi connectivity index (χ2n) is 2.96. The first-order chi connectivity index (χ1) is 4.90. The zero-order valence-electron chi connectivity index (χ0n) is 7.24. The van der Waals surface area contributed by atoms with Crippen molar-refractivity contribution in [1.29, 1.82) is 0 Å². The molecule has 1 fully saturated rings. The Hall–Kier alpha value is -0.0900. The molecule has 0 unspecified atom stereocenters. The molecule has 1 aliphatic rings. The van der Waals surface area contributed by atoms with Crippen LogP contribution >= 0.6 is 0 Å². The Morgan fingerprint density at radius 1 is 1.80 bits per heavy atom. The summed E-state index contributed by atoms with van der Waals surface area (Å²) in [5.74, 6) is 0.395. The van der Waals surface area contributed by atoms with Crippen LogP contribution in [-0.2, 0) is 9.84 Å². The van der Waals surface area contributed by atoms with Gasteiger partial charge in [0.25, 0.3) is 0 Å². The summed E-state index contributed by atoms with van der Waals surface area (Å²) in [5.41, 5.74) is 0. The van der Waals surface area contributed by atoms with E-state index in [1.54, 1.807) is 0 Å². The van der Waals surface area contributed by atoms with Crippen molar-refractivity contribution in [2.75, 3.05) is 18.6 Å². The van der Waals surface area contributed by atoms with E-state index in [-0.39, 0.29) is 17.7 Å². The van der Waals surface area contributed by atoms with Crippen molar-refractivity contribution in [2.45, 2.75) is 13.0 Å². The first-order valence-electron chi connectivity index (χ1n) is 3.78. The van der Waals surface area contributed by atoms with Gasteiger partial charge in [-0.3, -0.25) is 0 Å². The monoisotopic (exact) mass is 164 g/mol. The highest BCUT2D eigenvalue weighted by molar-refractivity contribution is 7.90. The standard InChI is InChI=1S/C6H13NO2S/c1-5-6(3-7-5)4-10(2,8)9/h5-7H,3-4H2,1-2H3/t5-,6-/m1/s1/i/hD. The van der Waals surface area contributed by atoms with Gasteiger partial charge in [-0.15, -0.1) is 0 Å². The number of hydrogen-bond donors (Lipinski definition) is 1. The summed E-state index contributed by atoms with van der Waals surface area (Å²) in [6, 6.07) is 0.102. The van der Waals surface area contributed by atoms with Gasteiger partial charge in [0.2, 0.25) is 0 Å². The van der Waals surface area contributed by atoms with Crippen LogP contribution in [0.25, 0.3) is 0 Å². The van der Waals surface area contributed by atoms with Gasteiger partial charge in [0.15, 0.2) is 0 Å². The normalized spacial score (nSPS) is 36.8. The van der Waals surface area contributed by atoms with Crippen LogP contribution in [0.2, 0.25) is 1.41 Å². The third-order valence-corrected chi connectivity index (χ3v) is 2.86. The van der Waals surface area contributed by atoms with E-state index < -0.39 is 9.84 Å². The quantitative estimate of drug-likeness (QED) is 0.606. The van der Waals surface area contributed by atoms with E-state index in [4.69, 9.17) is 1.41 Å². The molecular weight excluding hydrogens is 150 g/mol. The van der Waals surface area contributed by atoms with Crippen LogP contribution < -0.4 is 5.31 Å². The van der Waals surface area contributed by atoms with E-state index in [1.165, 1.54) is 11.6 Å². The minimum Gasteiger partial charge on any atom is -0.314 e. The van der Waals surface area contributed by atoms with Crippen molar-refractivity contribution in [3.05, 3.63) is 0 Å². The molecule has 0 aromatic carbocycles. The molecule has 1 aliphatic heterocycles. The van der Waals surface area contributed by atoms with Crippen molar-refractivity contribution >= 4 is 9.84 Å². The van der Waals surface area contributed by atoms with Crippen molar-refractivity contribution in [3.63, 3.8) is 0 Å². The average molecular weight is 164 g/mol. The number of nitrogens with one attached hydrogen (secondary N) is 1. The van der Waals surface area contributed by atoms with Crippen LogP contribution in [0.5, 0.6) is 0 Å². The van der Waals surface area contributed by atoms with Gasteiger partial charge in [0.05, 0.1) is 5.75 Å². The molecule has 1 heterocycles. The van der Waals surface area contributed by atoms with Crippen molar-refractivity contribution in [3.8, 4) is 0 Å². The molecule has 0 amide bonds. The van der Waals surface area contributed by atoms with Crippen LogP contribution in [0.4, 0.5) is 0 Å². The van der Waals surface area contributed by atoms with Gasteiger partial charge in [-0.1, -0.05) is 0 Å². The molecule has 1 N–H and O–H groups in total. The van der Waals surface area contributed by atoms with Crippen LogP contribution in [0.1, 0.15) is 6.92 Å². The Balaban J connectivity index is 2.43. The molecule has 4 heteroatoms. The predicted molar refractivity (Wildman–Crippen MR) is 40.7 cm³/mol. The lowest BCUT2D eigenvalue weighted by atomic mass is 9.96. The minimum absolute atomic E-state index is 0.102. The highest BCUT2D eigenvalue weighted by atomic mass is 32.2. The lowest BCUT2D eigenvalue weighted by molar-refractivity contribution is 0.276. The summed E-state index contributed by atoms with van der Waals surface area (Å²) in [5, 5.41) is 1.41. The van der Waals surface area contributed by atoms with Gasteiger partial charge in [0, 0.05) is 24.8 Å². The summed E-state index contributed by atoms with van der Waals surface area (Å²) in [4.78, 5) is 0. The molecule has 1 rings (SSSR count). The van der Waals surface area contributed by atoms with E-state index in [0.29, 0.717) is 6.54 Å². The highest BCUT2D eigenvalue weighted by Gasteiger charge is 2.28. The fourth-order valence-corrected chi connectivity index (χ4v) is 2.21. The maximum atomic E-state index is 10.8. The number of sulfone groups is 1. The van der Waals surface area contributed by atoms with Gasteiger partial charge in [-0.2, -0.15) is 0 Å². The van der Waals surface area contributed by atoms with E-state index >= 15 is 0 Å². The van der Waals surface area contributed by atoms with E-state index in [1.807, 2.05) is 6.92 Å². The van der Waals surface area contributed by atoms with Gasteiger partial charge in [0.1, 0.15) is 11.2 Å². The van der Waals surface area contributed by atoms with Crippen LogP contribution in [0.3, 0.4) is 0 Å². The zero-order chi connectivity index (χ0) is 8.65. The Labute approximate surface area is 63.2 Å². The molecule has 0 bridgehead atoms. The van der Waals surface area contributed by atoms with Crippen molar-refractivity contribution in [1.82, 2.24) is 5.31 Å². The Morgan fingerprint density at radius 3 is 2.70 bits per heavy atom. The lowest BCUT2D eigenvalue weighted by Crippen LogP contribution is -2.53. The van der Waals surface area contributed by atoms with Crippen LogP contribution in [0, 0.1) is 5.92 Å². The lowest BCUT2D eigenvalue weighted by Gasteiger charge is -2.34. The third-order valence-electron chi connectivity index (χ3n) is 1.83.